The Morgan fingerprint density at radius 1 is 1.20 bits per heavy atom. The first-order chi connectivity index (χ1) is 18.4. The van der Waals surface area contributed by atoms with E-state index in [0.29, 0.717) is 0 Å². The number of aromatic amines is 1. The lowest BCUT2D eigenvalue weighted by atomic mass is 9.94. The van der Waals surface area contributed by atoms with Crippen molar-refractivity contribution in [1.82, 2.24) is 14.6 Å². The van der Waals surface area contributed by atoms with Crippen LogP contribution in [0.4, 0.5) is 9.18 Å². The number of nitrogens with zero attached hydrogens (tertiary/aromatic N) is 1. The Labute approximate surface area is 227 Å². The van der Waals surface area contributed by atoms with Crippen LogP contribution in [0.5, 0.6) is 0 Å². The lowest BCUT2D eigenvalue weighted by Crippen LogP contribution is -2.51. The number of H-pyrrole nitrogens is 1. The fourth-order valence-corrected chi connectivity index (χ4v) is 5.91. The van der Waals surface area contributed by atoms with Gasteiger partial charge < -0.3 is 29.2 Å². The van der Waals surface area contributed by atoms with Crippen LogP contribution in [0.15, 0.2) is 21.9 Å². The van der Waals surface area contributed by atoms with E-state index < -0.39 is 92.0 Å². The van der Waals surface area contributed by atoms with Crippen molar-refractivity contribution >= 4 is 19.9 Å². The van der Waals surface area contributed by atoms with Gasteiger partial charge in [0.05, 0.1) is 12.2 Å². The minimum absolute atomic E-state index is 0.540. The molecule has 1 aliphatic heterocycles. The molecule has 2 aliphatic rings. The Hall–Kier alpha value is -2.66. The second kappa shape index (κ2) is 11.3. The highest BCUT2D eigenvalue weighted by atomic mass is 31.2. The normalized spacial score (nSPS) is 31.4. The van der Waals surface area contributed by atoms with Gasteiger partial charge in [-0.25, -0.2) is 23.6 Å². The summed E-state index contributed by atoms with van der Waals surface area (Å²) in [6.07, 6.45) is -4.89. The van der Waals surface area contributed by atoms with Gasteiger partial charge in [0, 0.05) is 12.3 Å². The van der Waals surface area contributed by atoms with Crippen molar-refractivity contribution in [2.75, 3.05) is 13.5 Å². The summed E-state index contributed by atoms with van der Waals surface area (Å²) in [5, 5.41) is 24.9. The van der Waals surface area contributed by atoms with Gasteiger partial charge in [-0.1, -0.05) is 0 Å². The highest BCUT2D eigenvalue weighted by molar-refractivity contribution is 7.51. The Bertz CT molecular complexity index is 1280. The maximum atomic E-state index is 14.5. The van der Waals surface area contributed by atoms with Gasteiger partial charge >= 0.3 is 25.6 Å². The zero-order chi connectivity index (χ0) is 30.3. The monoisotopic (exact) mass is 597 g/mol. The van der Waals surface area contributed by atoms with Crippen LogP contribution in [0.1, 0.15) is 47.8 Å². The van der Waals surface area contributed by atoms with Crippen LogP contribution in [0.3, 0.4) is 0 Å². The average Bonchev–Trinajstić information content (AvgIpc) is 3.26. The second-order valence-corrected chi connectivity index (χ2v) is 11.8. The number of alkyl halides is 1. The summed E-state index contributed by atoms with van der Waals surface area (Å²) in [4.78, 5) is 49.7. The molecule has 0 aromatic carbocycles. The quantitative estimate of drug-likeness (QED) is 0.144. The van der Waals surface area contributed by atoms with Crippen molar-refractivity contribution < 1.29 is 56.8 Å². The van der Waals surface area contributed by atoms with E-state index >= 15 is 0 Å². The lowest BCUT2D eigenvalue weighted by molar-refractivity contribution is -0.166. The molecule has 3 unspecified atom stereocenters. The van der Waals surface area contributed by atoms with Gasteiger partial charge in [0.15, 0.2) is 17.4 Å². The van der Waals surface area contributed by atoms with E-state index in [2.05, 4.69) is 5.09 Å². The van der Waals surface area contributed by atoms with Crippen molar-refractivity contribution in [2.24, 2.45) is 0 Å². The molecule has 18 heteroatoms. The summed E-state index contributed by atoms with van der Waals surface area (Å²) in [6, 6.07) is -0.405. The number of nitrogens with one attached hydrogen (secondary N) is 2. The molecule has 0 radical (unpaired) electrons. The Kier molecular flexibility index (Phi) is 9.01. The largest absolute Gasteiger partial charge is 0.510 e. The van der Waals surface area contributed by atoms with Crippen LogP contribution >= 0.6 is 7.75 Å². The molecule has 2 heterocycles. The fourth-order valence-electron chi connectivity index (χ4n) is 4.34. The molecule has 4 N–H and O–H groups in total. The Morgan fingerprint density at radius 2 is 1.82 bits per heavy atom. The van der Waals surface area contributed by atoms with Crippen LogP contribution < -0.4 is 16.3 Å². The van der Waals surface area contributed by atoms with Gasteiger partial charge in [0.2, 0.25) is 6.79 Å². The molecule has 1 aromatic rings. The summed E-state index contributed by atoms with van der Waals surface area (Å²) in [5.74, 6) is -0.877. The highest BCUT2D eigenvalue weighted by Crippen LogP contribution is 2.71. The maximum absolute atomic E-state index is 14.5. The number of aromatic nitrogens is 2. The molecule has 1 aliphatic carbocycles. The SMILES string of the molecule is CC(C)OC(=O)OCOP(=O)(NC(C)C(=O)OC(C)C)OC1[C@]2(O)[C@@](C)(O)[C@H](n3ccc(=O)[nH]c3=O)O[C@]12CF. The van der Waals surface area contributed by atoms with Crippen LogP contribution in [0, 0.1) is 0 Å². The first kappa shape index (κ1) is 31.9. The zero-order valence-corrected chi connectivity index (χ0v) is 23.5. The Morgan fingerprint density at radius 3 is 2.35 bits per heavy atom. The van der Waals surface area contributed by atoms with Crippen LogP contribution in [0.2, 0.25) is 0 Å². The molecule has 1 aromatic heterocycles. The smallest absolute Gasteiger partial charge is 0.462 e. The molecule has 0 amide bonds. The topological polar surface area (TPSA) is 214 Å². The first-order valence-corrected chi connectivity index (χ1v) is 13.7. The number of hydrogen-bond acceptors (Lipinski definition) is 13. The van der Waals surface area contributed by atoms with Crippen molar-refractivity contribution in [3.05, 3.63) is 33.1 Å². The molecular weight excluding hydrogens is 564 g/mol. The molecule has 16 nitrogen and oxygen atoms in total. The molecule has 40 heavy (non-hydrogen) atoms. The van der Waals surface area contributed by atoms with Gasteiger partial charge in [0.25, 0.3) is 5.56 Å². The molecule has 3 rings (SSSR count). The standard InChI is InChI=1S/C22H33FN3O13P/c1-11(2)36-15(28)13(5)25-40(33,35-10-34-19(30)37-12(3)4)39-16-21(9-23)22(16,32)20(6,31)17(38-21)26-8-7-14(27)24-18(26)29/h7-8,11-13,16-17,31-32H,9-10H2,1-6H3,(H,25,33)(H,24,27,29)/t13?,16?,17-,20+,21-,22+,40?/m1/s1. The van der Waals surface area contributed by atoms with E-state index in [1.165, 1.54) is 6.92 Å². The number of fused-ring (bicyclic) bond motifs is 1. The summed E-state index contributed by atoms with van der Waals surface area (Å²) in [5.41, 5.74) is -9.22. The predicted octanol–water partition coefficient (Wildman–Crippen LogP) is 0.228. The fraction of sp³-hybridized carbons (Fsp3) is 0.727. The number of aliphatic hydroxyl groups is 2. The van der Waals surface area contributed by atoms with Crippen molar-refractivity contribution in [3.8, 4) is 0 Å². The summed E-state index contributed by atoms with van der Waals surface area (Å²) < 4.78 is 59.5. The first-order valence-electron chi connectivity index (χ1n) is 12.2. The molecule has 1 saturated heterocycles. The number of carbonyl (C=O) groups excluding carboxylic acids is 2. The van der Waals surface area contributed by atoms with Gasteiger partial charge in [-0.05, 0) is 41.5 Å². The van der Waals surface area contributed by atoms with Crippen molar-refractivity contribution in [2.45, 2.75) is 88.9 Å². The lowest BCUT2D eigenvalue weighted by Gasteiger charge is -2.33. The number of rotatable bonds is 12. The van der Waals surface area contributed by atoms with Crippen LogP contribution in [0.25, 0.3) is 0 Å². The number of hydrogen-bond donors (Lipinski definition) is 4. The van der Waals surface area contributed by atoms with E-state index in [1.807, 2.05) is 4.98 Å². The van der Waals surface area contributed by atoms with E-state index in [9.17, 15) is 38.3 Å². The van der Waals surface area contributed by atoms with Crippen LogP contribution in [-0.2, 0) is 37.4 Å². The third-order valence-electron chi connectivity index (χ3n) is 6.27. The van der Waals surface area contributed by atoms with Crippen molar-refractivity contribution in [3.63, 3.8) is 0 Å². The van der Waals surface area contributed by atoms with Crippen LogP contribution in [-0.4, -0.2) is 86.5 Å². The molecule has 0 spiro atoms. The zero-order valence-electron chi connectivity index (χ0n) is 22.6. The summed E-state index contributed by atoms with van der Waals surface area (Å²) in [7, 11) is -4.79. The molecule has 226 valence electrons. The second-order valence-electron chi connectivity index (χ2n) is 10.1. The number of esters is 1. The third kappa shape index (κ3) is 5.72. The average molecular weight is 597 g/mol. The number of ether oxygens (including phenoxy) is 4. The number of carbonyl (C=O) groups is 2. The van der Waals surface area contributed by atoms with E-state index in [1.54, 1.807) is 27.7 Å². The van der Waals surface area contributed by atoms with Gasteiger partial charge in [-0.3, -0.25) is 28.2 Å². The predicted molar refractivity (Wildman–Crippen MR) is 131 cm³/mol. The third-order valence-corrected chi connectivity index (χ3v) is 7.91. The van der Waals surface area contributed by atoms with E-state index in [-0.39, 0.29) is 0 Å². The van der Waals surface area contributed by atoms with E-state index in [0.717, 1.165) is 23.8 Å². The molecular formula is C22H33FN3O13P. The number of halogens is 1. The minimum atomic E-state index is -4.79. The van der Waals surface area contributed by atoms with E-state index in [4.69, 9.17) is 28.0 Å². The summed E-state index contributed by atoms with van der Waals surface area (Å²) in [6.45, 7) is 5.97. The summed E-state index contributed by atoms with van der Waals surface area (Å²) >= 11 is 0. The maximum Gasteiger partial charge on any atom is 0.510 e. The van der Waals surface area contributed by atoms with Gasteiger partial charge in [-0.2, -0.15) is 0 Å². The highest BCUT2D eigenvalue weighted by Gasteiger charge is 2.93. The minimum Gasteiger partial charge on any atom is -0.462 e. The molecule has 1 saturated carbocycles. The molecule has 0 bridgehead atoms. The molecule has 7 atom stereocenters. The Balaban J connectivity index is 1.87. The van der Waals surface area contributed by atoms with Crippen molar-refractivity contribution in [1.29, 1.82) is 0 Å². The van der Waals surface area contributed by atoms with Gasteiger partial charge in [0.1, 0.15) is 24.4 Å². The molecule has 2 fully saturated rings. The van der Waals surface area contributed by atoms with Gasteiger partial charge in [-0.15, -0.1) is 0 Å².